The van der Waals surface area contributed by atoms with Gasteiger partial charge in [0, 0.05) is 6.92 Å². The Morgan fingerprint density at radius 2 is 2.38 bits per heavy atom. The largest absolute Gasteiger partial charge is 0.455 e. The first-order chi connectivity index (χ1) is 6.09. The van der Waals surface area contributed by atoms with E-state index >= 15 is 0 Å². The zero-order chi connectivity index (χ0) is 9.59. The second kappa shape index (κ2) is 3.06. The first-order valence-corrected chi connectivity index (χ1v) is 4.91. The van der Waals surface area contributed by atoms with E-state index in [9.17, 15) is 9.59 Å². The molecule has 1 aliphatic heterocycles. The number of carbonyl (C=O) groups is 2. The molecular weight excluding hydrogens is 287 g/mol. The number of esters is 1. The summed E-state index contributed by atoms with van der Waals surface area (Å²) in [5.74, 6) is -0.358. The van der Waals surface area contributed by atoms with Crippen LogP contribution in [0.2, 0.25) is 0 Å². The molecule has 5 heteroatoms. The molecule has 0 radical (unpaired) electrons. The Morgan fingerprint density at radius 3 is 3.00 bits per heavy atom. The van der Waals surface area contributed by atoms with E-state index in [1.165, 1.54) is 6.92 Å². The average molecular weight is 294 g/mol. The Labute approximate surface area is 88.4 Å². The lowest BCUT2D eigenvalue weighted by Gasteiger charge is -2.13. The molecule has 1 fully saturated rings. The number of epoxide rings is 1. The van der Waals surface area contributed by atoms with Crippen molar-refractivity contribution >= 4 is 34.3 Å². The molecule has 1 saturated heterocycles. The second-order valence-corrected chi connectivity index (χ2v) is 4.14. The molecule has 0 aromatic carbocycles. The highest BCUT2D eigenvalue weighted by Crippen LogP contribution is 2.37. The molecule has 0 aromatic rings. The van der Waals surface area contributed by atoms with Crippen molar-refractivity contribution in [2.24, 2.45) is 0 Å². The average Bonchev–Trinajstić information content (AvgIpc) is 2.77. The maximum Gasteiger partial charge on any atom is 0.303 e. The van der Waals surface area contributed by atoms with Gasteiger partial charge in [-0.15, -0.1) is 0 Å². The van der Waals surface area contributed by atoms with Gasteiger partial charge in [0.25, 0.3) is 0 Å². The fourth-order valence-corrected chi connectivity index (χ4v) is 2.00. The van der Waals surface area contributed by atoms with Gasteiger partial charge in [0.05, 0.1) is 3.58 Å². The van der Waals surface area contributed by atoms with Gasteiger partial charge in [-0.2, -0.15) is 0 Å². The Hall–Kier alpha value is -0.430. The summed E-state index contributed by atoms with van der Waals surface area (Å²) in [7, 11) is 0. The first kappa shape index (κ1) is 9.14. The summed E-state index contributed by atoms with van der Waals surface area (Å²) >= 11 is 1.93. The number of halogens is 1. The topological polar surface area (TPSA) is 55.9 Å². The van der Waals surface area contributed by atoms with Gasteiger partial charge < -0.3 is 9.47 Å². The van der Waals surface area contributed by atoms with Crippen molar-refractivity contribution in [1.29, 1.82) is 0 Å². The van der Waals surface area contributed by atoms with E-state index in [-0.39, 0.29) is 30.1 Å². The van der Waals surface area contributed by atoms with E-state index < -0.39 is 0 Å². The minimum Gasteiger partial charge on any atom is -0.455 e. The zero-order valence-electron chi connectivity index (χ0n) is 6.82. The molecule has 0 spiro atoms. The van der Waals surface area contributed by atoms with Crippen LogP contribution in [0.15, 0.2) is 9.66 Å². The fourth-order valence-electron chi connectivity index (χ4n) is 1.33. The van der Waals surface area contributed by atoms with Crippen LogP contribution in [0, 0.1) is 0 Å². The molecular formula is C8H7IO4. The second-order valence-electron chi connectivity index (χ2n) is 2.97. The lowest BCUT2D eigenvalue weighted by molar-refractivity contribution is -0.145. The summed E-state index contributed by atoms with van der Waals surface area (Å²) in [6, 6.07) is 0. The number of Topliss-reactive ketones (excluding diaryl/α,β-unsaturated/α-hetero) is 1. The molecule has 4 nitrogen and oxygen atoms in total. The number of hydrogen-bond donors (Lipinski definition) is 0. The summed E-state index contributed by atoms with van der Waals surface area (Å²) in [5, 5.41) is 0. The van der Waals surface area contributed by atoms with Gasteiger partial charge in [-0.3, -0.25) is 9.59 Å². The molecule has 0 N–H and O–H groups in total. The third-order valence-electron chi connectivity index (χ3n) is 1.96. The van der Waals surface area contributed by atoms with Crippen LogP contribution < -0.4 is 0 Å². The number of ether oxygens (including phenoxy) is 2. The summed E-state index contributed by atoms with van der Waals surface area (Å²) in [4.78, 5) is 21.9. The smallest absolute Gasteiger partial charge is 0.303 e. The molecule has 2 aliphatic rings. The minimum absolute atomic E-state index is 0.00555. The lowest BCUT2D eigenvalue weighted by atomic mass is 10.0. The van der Waals surface area contributed by atoms with E-state index in [4.69, 9.17) is 9.47 Å². The van der Waals surface area contributed by atoms with Crippen molar-refractivity contribution in [3.63, 3.8) is 0 Å². The third-order valence-corrected chi connectivity index (χ3v) is 2.85. The van der Waals surface area contributed by atoms with E-state index in [0.717, 1.165) is 0 Å². The van der Waals surface area contributed by atoms with Crippen LogP contribution >= 0.6 is 22.6 Å². The van der Waals surface area contributed by atoms with Crippen molar-refractivity contribution in [2.75, 3.05) is 0 Å². The maximum absolute atomic E-state index is 11.3. The molecule has 70 valence electrons. The van der Waals surface area contributed by atoms with Gasteiger partial charge in [-0.05, 0) is 28.7 Å². The normalized spacial score (nSPS) is 36.3. The molecule has 13 heavy (non-hydrogen) atoms. The van der Waals surface area contributed by atoms with E-state index in [1.54, 1.807) is 6.08 Å². The molecule has 0 bridgehead atoms. The molecule has 0 amide bonds. The summed E-state index contributed by atoms with van der Waals surface area (Å²) < 4.78 is 10.6. The van der Waals surface area contributed by atoms with Crippen molar-refractivity contribution in [3.8, 4) is 0 Å². The van der Waals surface area contributed by atoms with Gasteiger partial charge in [0.15, 0.2) is 18.0 Å². The molecule has 0 saturated carbocycles. The van der Waals surface area contributed by atoms with Crippen LogP contribution in [0.4, 0.5) is 0 Å². The van der Waals surface area contributed by atoms with Gasteiger partial charge in [0.1, 0.15) is 6.10 Å². The number of fused-ring (bicyclic) bond motifs is 1. The van der Waals surface area contributed by atoms with Crippen LogP contribution in [0.5, 0.6) is 0 Å². The predicted octanol–water partition coefficient (Wildman–Crippen LogP) is 0.587. The first-order valence-electron chi connectivity index (χ1n) is 3.84. The van der Waals surface area contributed by atoms with Crippen LogP contribution in [0.25, 0.3) is 0 Å². The van der Waals surface area contributed by atoms with E-state index in [2.05, 4.69) is 0 Å². The molecule has 0 unspecified atom stereocenters. The molecule has 1 heterocycles. The number of carbonyl (C=O) groups excluding carboxylic acids is 2. The van der Waals surface area contributed by atoms with Crippen LogP contribution in [-0.4, -0.2) is 30.1 Å². The van der Waals surface area contributed by atoms with Crippen molar-refractivity contribution < 1.29 is 19.1 Å². The Morgan fingerprint density at radius 1 is 1.69 bits per heavy atom. The predicted molar refractivity (Wildman–Crippen MR) is 51.3 cm³/mol. The lowest BCUT2D eigenvalue weighted by Crippen LogP contribution is -2.29. The number of hydrogen-bond acceptors (Lipinski definition) is 4. The number of ketones is 1. The third kappa shape index (κ3) is 1.62. The van der Waals surface area contributed by atoms with Crippen LogP contribution in [0.3, 0.4) is 0 Å². The maximum atomic E-state index is 11.3. The Bertz CT molecular complexity index is 309. The number of rotatable bonds is 1. The molecule has 0 aromatic heterocycles. The summed E-state index contributed by atoms with van der Waals surface area (Å²) in [5.41, 5.74) is 0. The zero-order valence-corrected chi connectivity index (χ0v) is 8.98. The van der Waals surface area contributed by atoms with Gasteiger partial charge >= 0.3 is 5.97 Å². The standard InChI is InChI=1S/C8H7IO4/c1-3(10)12-5-2-4(9)6(11)8-7(5)13-8/h2,5,7-8H,1H3/t5-,7+,8-/m1/s1. The van der Waals surface area contributed by atoms with Crippen LogP contribution in [0.1, 0.15) is 6.92 Å². The quantitative estimate of drug-likeness (QED) is 0.403. The SMILES string of the molecule is CC(=O)O[C@@H]1C=C(I)C(=O)[C@H]2O[C@H]21. The molecule has 1 aliphatic carbocycles. The summed E-state index contributed by atoms with van der Waals surface area (Å²) in [6.07, 6.45) is 0.640. The van der Waals surface area contributed by atoms with Gasteiger partial charge in [-0.25, -0.2) is 0 Å². The minimum atomic E-state index is -0.382. The van der Waals surface area contributed by atoms with Crippen molar-refractivity contribution in [1.82, 2.24) is 0 Å². The van der Waals surface area contributed by atoms with Gasteiger partial charge in [0.2, 0.25) is 0 Å². The highest BCUT2D eigenvalue weighted by molar-refractivity contribution is 14.1. The highest BCUT2D eigenvalue weighted by Gasteiger charge is 2.54. The monoisotopic (exact) mass is 294 g/mol. The molecule has 3 atom stereocenters. The Balaban J connectivity index is 2.14. The van der Waals surface area contributed by atoms with Gasteiger partial charge in [-0.1, -0.05) is 0 Å². The van der Waals surface area contributed by atoms with Crippen molar-refractivity contribution in [2.45, 2.75) is 25.2 Å². The van der Waals surface area contributed by atoms with Crippen LogP contribution in [-0.2, 0) is 19.1 Å². The summed E-state index contributed by atoms with van der Waals surface area (Å²) in [6.45, 7) is 1.34. The Kier molecular flexibility index (Phi) is 2.15. The highest BCUT2D eigenvalue weighted by atomic mass is 127. The van der Waals surface area contributed by atoms with Crippen molar-refractivity contribution in [3.05, 3.63) is 9.66 Å². The fraction of sp³-hybridized carbons (Fsp3) is 0.500. The van der Waals surface area contributed by atoms with E-state index in [1.807, 2.05) is 22.6 Å². The molecule has 2 rings (SSSR count). The van der Waals surface area contributed by atoms with E-state index in [0.29, 0.717) is 3.58 Å².